The largest absolute Gasteiger partial charge is 0.390 e. The van der Waals surface area contributed by atoms with E-state index in [1.54, 1.807) is 0 Å². The van der Waals surface area contributed by atoms with Gasteiger partial charge in [0.25, 0.3) is 0 Å². The highest BCUT2D eigenvalue weighted by Gasteiger charge is 2.75. The molecule has 3 aliphatic carbocycles. The summed E-state index contributed by atoms with van der Waals surface area (Å²) in [7, 11) is 0. The Morgan fingerprint density at radius 1 is 1.06 bits per heavy atom. The molecule has 0 heterocycles. The van der Waals surface area contributed by atoms with Crippen LogP contribution >= 0.6 is 0 Å². The van der Waals surface area contributed by atoms with Crippen molar-refractivity contribution in [2.75, 3.05) is 0 Å². The molecule has 3 saturated carbocycles. The van der Waals surface area contributed by atoms with Crippen molar-refractivity contribution < 1.29 is 10.2 Å². The minimum atomic E-state index is -0.915. The number of aliphatic hydroxyl groups excluding tert-OH is 1. The van der Waals surface area contributed by atoms with Crippen molar-refractivity contribution in [1.29, 1.82) is 0 Å². The first-order chi connectivity index (χ1) is 8.09. The van der Waals surface area contributed by atoms with E-state index >= 15 is 0 Å². The van der Waals surface area contributed by atoms with E-state index in [1.807, 2.05) is 6.92 Å². The molecule has 2 N–H and O–H groups in total. The van der Waals surface area contributed by atoms with Crippen molar-refractivity contribution in [3.8, 4) is 0 Å². The lowest BCUT2D eigenvalue weighted by Gasteiger charge is -2.48. The second-order valence-electron chi connectivity index (χ2n) is 8.35. The van der Waals surface area contributed by atoms with Crippen LogP contribution < -0.4 is 0 Å². The average Bonchev–Trinajstić information content (AvgIpc) is 2.58. The number of hydrogen-bond donors (Lipinski definition) is 2. The van der Waals surface area contributed by atoms with E-state index in [0.29, 0.717) is 5.92 Å². The normalized spacial score (nSPS) is 61.8. The quantitative estimate of drug-likeness (QED) is 0.696. The molecule has 2 bridgehead atoms. The number of aliphatic hydroxyl groups is 2. The van der Waals surface area contributed by atoms with Crippen LogP contribution in [0.15, 0.2) is 0 Å². The third kappa shape index (κ3) is 1.06. The molecule has 2 nitrogen and oxygen atoms in total. The molecule has 0 amide bonds. The Morgan fingerprint density at radius 3 is 2.28 bits per heavy atom. The Labute approximate surface area is 111 Å². The predicted octanol–water partition coefficient (Wildman–Crippen LogP) is 2.97. The fourth-order valence-corrected chi connectivity index (χ4v) is 6.20. The summed E-state index contributed by atoms with van der Waals surface area (Å²) >= 11 is 0. The molecule has 3 fully saturated rings. The Morgan fingerprint density at radius 2 is 1.67 bits per heavy atom. The number of hydrogen-bond acceptors (Lipinski definition) is 2. The van der Waals surface area contributed by atoms with Crippen LogP contribution in [0.4, 0.5) is 0 Å². The summed E-state index contributed by atoms with van der Waals surface area (Å²) < 4.78 is 0. The highest BCUT2D eigenvalue weighted by atomic mass is 16.3. The van der Waals surface area contributed by atoms with Crippen molar-refractivity contribution in [2.24, 2.45) is 28.1 Å². The molecule has 0 aromatic rings. The Balaban J connectivity index is 2.18. The molecule has 3 rings (SSSR count). The molecular weight excluding hydrogens is 224 g/mol. The second-order valence-corrected chi connectivity index (χ2v) is 8.35. The summed E-state index contributed by atoms with van der Waals surface area (Å²) in [5, 5.41) is 21.2. The summed E-state index contributed by atoms with van der Waals surface area (Å²) in [4.78, 5) is 0. The molecule has 2 heteroatoms. The number of fused-ring (bicyclic) bond motifs is 1. The molecule has 0 radical (unpaired) electrons. The lowest BCUT2D eigenvalue weighted by Crippen LogP contribution is -2.53. The molecule has 0 saturated heterocycles. The maximum Gasteiger partial charge on any atom is 0.0911 e. The topological polar surface area (TPSA) is 40.5 Å². The minimum absolute atomic E-state index is 0.110. The zero-order valence-corrected chi connectivity index (χ0v) is 12.5. The van der Waals surface area contributed by atoms with Gasteiger partial charge in [0.1, 0.15) is 0 Å². The number of rotatable bonds is 0. The molecule has 1 spiro atoms. The second kappa shape index (κ2) is 3.15. The van der Waals surface area contributed by atoms with Gasteiger partial charge in [0, 0.05) is 0 Å². The van der Waals surface area contributed by atoms with Crippen molar-refractivity contribution in [3.63, 3.8) is 0 Å². The van der Waals surface area contributed by atoms with Crippen LogP contribution in [0.3, 0.4) is 0 Å². The van der Waals surface area contributed by atoms with Crippen molar-refractivity contribution in [2.45, 2.75) is 72.0 Å². The van der Waals surface area contributed by atoms with Gasteiger partial charge in [-0.1, -0.05) is 27.7 Å². The van der Waals surface area contributed by atoms with Crippen molar-refractivity contribution in [1.82, 2.24) is 0 Å². The zero-order chi connectivity index (χ0) is 13.6. The van der Waals surface area contributed by atoms with Gasteiger partial charge in [0.05, 0.1) is 11.7 Å². The van der Waals surface area contributed by atoms with Gasteiger partial charge < -0.3 is 10.2 Å². The molecular formula is C16H28O2. The van der Waals surface area contributed by atoms with Crippen LogP contribution in [0.25, 0.3) is 0 Å². The monoisotopic (exact) mass is 252 g/mol. The smallest absolute Gasteiger partial charge is 0.0911 e. The summed E-state index contributed by atoms with van der Waals surface area (Å²) in [6.07, 6.45) is 3.86. The fourth-order valence-electron chi connectivity index (χ4n) is 6.20. The van der Waals surface area contributed by atoms with Gasteiger partial charge in [-0.3, -0.25) is 0 Å². The van der Waals surface area contributed by atoms with Gasteiger partial charge in [-0.05, 0) is 60.7 Å². The van der Waals surface area contributed by atoms with E-state index in [9.17, 15) is 10.2 Å². The third-order valence-corrected chi connectivity index (χ3v) is 7.92. The molecule has 18 heavy (non-hydrogen) atoms. The average molecular weight is 252 g/mol. The molecule has 0 aromatic heterocycles. The predicted molar refractivity (Wildman–Crippen MR) is 72.1 cm³/mol. The SMILES string of the molecule is C[C@@H]1CC[C@@]2(C)C(C)(C)C3C[C@@]12C[C@@H](O)[C@]3(C)O. The minimum Gasteiger partial charge on any atom is -0.390 e. The van der Waals surface area contributed by atoms with Crippen molar-refractivity contribution in [3.05, 3.63) is 0 Å². The maximum atomic E-state index is 10.8. The van der Waals surface area contributed by atoms with E-state index in [-0.39, 0.29) is 22.2 Å². The molecule has 1 unspecified atom stereocenters. The fraction of sp³-hybridized carbons (Fsp3) is 1.00. The molecule has 0 aliphatic heterocycles. The van der Waals surface area contributed by atoms with E-state index < -0.39 is 11.7 Å². The summed E-state index contributed by atoms with van der Waals surface area (Å²) in [6, 6.07) is 0. The first-order valence-electron chi connectivity index (χ1n) is 7.50. The molecule has 0 aromatic carbocycles. The highest BCUT2D eigenvalue weighted by Crippen LogP contribution is 2.79. The van der Waals surface area contributed by atoms with E-state index in [2.05, 4.69) is 27.7 Å². The Kier molecular flexibility index (Phi) is 2.26. The van der Waals surface area contributed by atoms with Crippen LogP contribution in [0, 0.1) is 28.1 Å². The summed E-state index contributed by atoms with van der Waals surface area (Å²) in [6.45, 7) is 11.3. The van der Waals surface area contributed by atoms with Crippen LogP contribution in [0.5, 0.6) is 0 Å². The van der Waals surface area contributed by atoms with Gasteiger partial charge in [-0.15, -0.1) is 0 Å². The standard InChI is InChI=1S/C16H28O2/c1-10-6-7-14(4)13(2,3)11-8-16(10,14)9-12(17)15(11,5)18/h10-12,17-18H,6-9H2,1-5H3/t10-,11?,12-,14+,15-,16-/m1/s1. The molecule has 104 valence electrons. The van der Waals surface area contributed by atoms with E-state index in [4.69, 9.17) is 0 Å². The lowest BCUT2D eigenvalue weighted by molar-refractivity contribution is -0.153. The maximum absolute atomic E-state index is 10.8. The first kappa shape index (κ1) is 12.9. The summed E-state index contributed by atoms with van der Waals surface area (Å²) in [5.74, 6) is 0.902. The van der Waals surface area contributed by atoms with E-state index in [1.165, 1.54) is 12.8 Å². The van der Waals surface area contributed by atoms with Gasteiger partial charge in [0.2, 0.25) is 0 Å². The lowest BCUT2D eigenvalue weighted by atomic mass is 9.57. The Bertz CT molecular complexity index is 387. The van der Waals surface area contributed by atoms with Crippen molar-refractivity contribution >= 4 is 0 Å². The Hall–Kier alpha value is -0.0800. The van der Waals surface area contributed by atoms with Gasteiger partial charge in [-0.25, -0.2) is 0 Å². The van der Waals surface area contributed by atoms with E-state index in [0.717, 1.165) is 12.8 Å². The van der Waals surface area contributed by atoms with Crippen LogP contribution in [-0.4, -0.2) is 21.9 Å². The van der Waals surface area contributed by atoms with Crippen LogP contribution in [0.2, 0.25) is 0 Å². The zero-order valence-electron chi connectivity index (χ0n) is 12.5. The molecule has 3 aliphatic rings. The van der Waals surface area contributed by atoms with Gasteiger partial charge in [-0.2, -0.15) is 0 Å². The van der Waals surface area contributed by atoms with Gasteiger partial charge in [0.15, 0.2) is 0 Å². The first-order valence-corrected chi connectivity index (χ1v) is 7.50. The van der Waals surface area contributed by atoms with Crippen LogP contribution in [-0.2, 0) is 0 Å². The van der Waals surface area contributed by atoms with Crippen LogP contribution in [0.1, 0.15) is 60.3 Å². The highest BCUT2D eigenvalue weighted by molar-refractivity contribution is 5.24. The van der Waals surface area contributed by atoms with Gasteiger partial charge >= 0.3 is 0 Å². The summed E-state index contributed by atoms with van der Waals surface area (Å²) in [5.41, 5.74) is -0.283. The molecule has 6 atom stereocenters. The third-order valence-electron chi connectivity index (χ3n) is 7.92.